The van der Waals surface area contributed by atoms with Crippen LogP contribution in [0.15, 0.2) is 0 Å². The van der Waals surface area contributed by atoms with Gasteiger partial charge in [0.1, 0.15) is 0 Å². The van der Waals surface area contributed by atoms with Gasteiger partial charge in [-0.1, -0.05) is 31.9 Å². The van der Waals surface area contributed by atoms with E-state index in [1.165, 1.54) is 6.42 Å². The van der Waals surface area contributed by atoms with Crippen LogP contribution in [0.3, 0.4) is 0 Å². The highest BCUT2D eigenvalue weighted by Gasteiger charge is 2.31. The van der Waals surface area contributed by atoms with Crippen LogP contribution in [0.25, 0.3) is 0 Å². The van der Waals surface area contributed by atoms with Crippen LogP contribution in [-0.2, 0) is 13.3 Å². The second-order valence-corrected chi connectivity index (χ2v) is 6.85. The van der Waals surface area contributed by atoms with Crippen LogP contribution in [0.4, 0.5) is 0 Å². The van der Waals surface area contributed by atoms with Crippen molar-refractivity contribution in [2.24, 2.45) is 0 Å². The minimum Gasteiger partial charge on any atom is -0.376 e. The maximum atomic E-state index is 5.22. The molecule has 0 aromatic heterocycles. The van der Waals surface area contributed by atoms with Crippen molar-refractivity contribution in [2.45, 2.75) is 36.8 Å². The number of hydrogen-bond donors (Lipinski definition) is 0. The Labute approximate surface area is 111 Å². The van der Waals surface area contributed by atoms with Crippen molar-refractivity contribution in [1.29, 1.82) is 0 Å². The van der Waals surface area contributed by atoms with Gasteiger partial charge in [0.15, 0.2) is 0 Å². The summed E-state index contributed by atoms with van der Waals surface area (Å²) < 4.78 is 15.7. The maximum absolute atomic E-state index is 5.22. The minimum absolute atomic E-state index is 0.677. The Balaban J connectivity index is 0.000000322. The molecule has 0 aromatic rings. The molecule has 0 saturated heterocycles. The van der Waals surface area contributed by atoms with Crippen molar-refractivity contribution in [3.05, 3.63) is 0 Å². The molecule has 1 aliphatic rings. The third-order valence-electron chi connectivity index (χ3n) is 1.55. The lowest BCUT2D eigenvalue weighted by Gasteiger charge is -2.12. The summed E-state index contributed by atoms with van der Waals surface area (Å²) in [5.41, 5.74) is 0. The van der Waals surface area contributed by atoms with Crippen LogP contribution >= 0.6 is 31.9 Å². The average Bonchev–Trinajstić information content (AvgIpc) is 2.82. The Kier molecular flexibility index (Phi) is 10.9. The summed E-state index contributed by atoms with van der Waals surface area (Å²) in [6, 6.07) is 0. The van der Waals surface area contributed by atoms with E-state index in [0.717, 1.165) is 9.65 Å². The van der Waals surface area contributed by atoms with Crippen LogP contribution in [0.1, 0.15) is 27.2 Å². The van der Waals surface area contributed by atoms with Gasteiger partial charge in [-0.15, -0.1) is 0 Å². The summed E-state index contributed by atoms with van der Waals surface area (Å²) in [5, 5.41) is 0. The molecular weight excluding hydrogens is 344 g/mol. The molecule has 0 amide bonds. The van der Waals surface area contributed by atoms with Crippen LogP contribution in [0, 0.1) is 0 Å². The van der Waals surface area contributed by atoms with Gasteiger partial charge < -0.3 is 13.3 Å². The SMILES string of the molecule is BrC1CC1Br.CCO[SiH](OCC)OCC. The van der Waals surface area contributed by atoms with E-state index in [9.17, 15) is 0 Å². The summed E-state index contributed by atoms with van der Waals surface area (Å²) in [6.07, 6.45) is 1.31. The summed E-state index contributed by atoms with van der Waals surface area (Å²) in [5.74, 6) is 0. The van der Waals surface area contributed by atoms with Gasteiger partial charge in [-0.3, -0.25) is 0 Å². The molecule has 2 atom stereocenters. The Hall–Kier alpha value is 1.06. The highest BCUT2D eigenvalue weighted by atomic mass is 79.9. The van der Waals surface area contributed by atoms with Crippen molar-refractivity contribution < 1.29 is 13.3 Å². The van der Waals surface area contributed by atoms with E-state index in [1.54, 1.807) is 0 Å². The lowest BCUT2D eigenvalue weighted by molar-refractivity contribution is 0.107. The van der Waals surface area contributed by atoms with E-state index in [-0.39, 0.29) is 0 Å². The molecule has 3 nitrogen and oxygen atoms in total. The molecule has 15 heavy (non-hydrogen) atoms. The first kappa shape index (κ1) is 16.1. The zero-order valence-corrected chi connectivity index (χ0v) is 13.9. The van der Waals surface area contributed by atoms with Gasteiger partial charge in [-0.2, -0.15) is 0 Å². The standard InChI is InChI=1S/C6H16O3Si.C3H4Br2/c1-4-7-10(8-5-2)9-6-3;4-2-1-3(2)5/h10H,4-6H2,1-3H3;2-3H,1H2. The first-order valence-electron chi connectivity index (χ1n) is 5.28. The molecule has 1 rings (SSSR count). The number of hydrogen-bond acceptors (Lipinski definition) is 3. The predicted molar refractivity (Wildman–Crippen MR) is 72.1 cm³/mol. The fourth-order valence-electron chi connectivity index (χ4n) is 0.689. The maximum Gasteiger partial charge on any atom is 0.484 e. The highest BCUT2D eigenvalue weighted by molar-refractivity contribution is 9.12. The van der Waals surface area contributed by atoms with E-state index in [0.29, 0.717) is 19.8 Å². The summed E-state index contributed by atoms with van der Waals surface area (Å²) in [4.78, 5) is 1.56. The number of halogens is 2. The third kappa shape index (κ3) is 9.96. The van der Waals surface area contributed by atoms with Gasteiger partial charge in [0.2, 0.25) is 0 Å². The lowest BCUT2D eigenvalue weighted by atomic mass is 10.9. The van der Waals surface area contributed by atoms with Gasteiger partial charge in [0.05, 0.1) is 0 Å². The second-order valence-electron chi connectivity index (χ2n) is 2.92. The molecule has 6 heteroatoms. The third-order valence-corrected chi connectivity index (χ3v) is 6.10. The number of alkyl halides is 2. The normalized spacial score (nSPS) is 23.6. The number of rotatable bonds is 6. The van der Waals surface area contributed by atoms with Crippen LogP contribution in [0.5, 0.6) is 0 Å². The van der Waals surface area contributed by atoms with E-state index in [4.69, 9.17) is 13.3 Å². The quantitative estimate of drug-likeness (QED) is 0.536. The Morgan fingerprint density at radius 3 is 1.33 bits per heavy atom. The molecule has 0 bridgehead atoms. The minimum atomic E-state index is -1.73. The van der Waals surface area contributed by atoms with E-state index in [1.807, 2.05) is 20.8 Å². The molecule has 0 spiro atoms. The Morgan fingerprint density at radius 1 is 0.933 bits per heavy atom. The fraction of sp³-hybridized carbons (Fsp3) is 1.00. The smallest absolute Gasteiger partial charge is 0.376 e. The molecule has 0 radical (unpaired) electrons. The molecule has 1 aliphatic carbocycles. The van der Waals surface area contributed by atoms with E-state index < -0.39 is 9.53 Å². The molecule has 0 heterocycles. The lowest BCUT2D eigenvalue weighted by Crippen LogP contribution is -2.27. The van der Waals surface area contributed by atoms with Crippen molar-refractivity contribution >= 4 is 41.4 Å². The van der Waals surface area contributed by atoms with E-state index >= 15 is 0 Å². The topological polar surface area (TPSA) is 27.7 Å². The second kappa shape index (κ2) is 10.2. The summed E-state index contributed by atoms with van der Waals surface area (Å²) in [7, 11) is -1.73. The van der Waals surface area contributed by atoms with Gasteiger partial charge in [-0.05, 0) is 27.2 Å². The van der Waals surface area contributed by atoms with Gasteiger partial charge in [0.25, 0.3) is 0 Å². The molecule has 0 aliphatic heterocycles. The molecule has 2 unspecified atom stereocenters. The van der Waals surface area contributed by atoms with Crippen LogP contribution in [0.2, 0.25) is 0 Å². The average molecular weight is 364 g/mol. The fourth-order valence-corrected chi connectivity index (χ4v) is 3.10. The largest absolute Gasteiger partial charge is 0.484 e. The van der Waals surface area contributed by atoms with E-state index in [2.05, 4.69) is 31.9 Å². The summed E-state index contributed by atoms with van der Waals surface area (Å²) in [6.45, 7) is 7.86. The van der Waals surface area contributed by atoms with Gasteiger partial charge >= 0.3 is 9.53 Å². The van der Waals surface area contributed by atoms with Crippen LogP contribution < -0.4 is 0 Å². The zero-order valence-electron chi connectivity index (χ0n) is 9.54. The van der Waals surface area contributed by atoms with Crippen LogP contribution in [-0.4, -0.2) is 39.0 Å². The highest BCUT2D eigenvalue weighted by Crippen LogP contribution is 2.36. The summed E-state index contributed by atoms with van der Waals surface area (Å²) >= 11 is 6.80. The molecule has 0 aromatic carbocycles. The predicted octanol–water partition coefficient (Wildman–Crippen LogP) is 2.73. The Morgan fingerprint density at radius 2 is 1.20 bits per heavy atom. The van der Waals surface area contributed by atoms with Crippen molar-refractivity contribution in [1.82, 2.24) is 0 Å². The van der Waals surface area contributed by atoms with Crippen molar-refractivity contribution in [2.75, 3.05) is 19.8 Å². The van der Waals surface area contributed by atoms with Crippen molar-refractivity contribution in [3.63, 3.8) is 0 Å². The molecule has 1 saturated carbocycles. The molecule has 1 fully saturated rings. The molecular formula is C9H20Br2O3Si. The molecule has 0 N–H and O–H groups in total. The first-order chi connectivity index (χ1) is 7.15. The van der Waals surface area contributed by atoms with Crippen molar-refractivity contribution in [3.8, 4) is 0 Å². The zero-order chi connectivity index (χ0) is 11.7. The monoisotopic (exact) mass is 362 g/mol. The Bertz CT molecular complexity index is 131. The van der Waals surface area contributed by atoms with Gasteiger partial charge in [-0.25, -0.2) is 0 Å². The first-order valence-corrected chi connectivity index (χ1v) is 8.53. The van der Waals surface area contributed by atoms with Gasteiger partial charge in [0, 0.05) is 29.5 Å². The molecule has 92 valence electrons.